The molecule has 0 aliphatic heterocycles. The zero-order valence-corrected chi connectivity index (χ0v) is 12.0. The van der Waals surface area contributed by atoms with Crippen LogP contribution in [0.2, 0.25) is 0 Å². The number of rotatable bonds is 5. The van der Waals surface area contributed by atoms with Gasteiger partial charge < -0.3 is 15.7 Å². The summed E-state index contributed by atoms with van der Waals surface area (Å²) in [6.07, 6.45) is 6.27. The first-order chi connectivity index (χ1) is 8.28. The Bertz CT molecular complexity index is 278. The minimum Gasteiger partial charge on any atom is -0.389 e. The molecule has 1 saturated carbocycles. The van der Waals surface area contributed by atoms with E-state index in [1.165, 1.54) is 19.3 Å². The van der Waals surface area contributed by atoms with Crippen molar-refractivity contribution in [2.24, 2.45) is 11.1 Å². The van der Waals surface area contributed by atoms with Crippen molar-refractivity contribution < 1.29 is 9.90 Å². The van der Waals surface area contributed by atoms with Crippen LogP contribution in [0.1, 0.15) is 52.4 Å². The van der Waals surface area contributed by atoms with Crippen LogP contribution in [0.3, 0.4) is 0 Å². The number of carbonyl (C=O) groups excluding carboxylic acids is 1. The van der Waals surface area contributed by atoms with Crippen LogP contribution in [0.4, 0.5) is 0 Å². The molecule has 1 aliphatic rings. The predicted molar refractivity (Wildman–Crippen MR) is 73.1 cm³/mol. The topological polar surface area (TPSA) is 66.6 Å². The Morgan fingerprint density at radius 2 is 1.89 bits per heavy atom. The van der Waals surface area contributed by atoms with E-state index in [2.05, 4.69) is 0 Å². The van der Waals surface area contributed by atoms with Crippen molar-refractivity contribution in [2.75, 3.05) is 20.1 Å². The Balaban J connectivity index is 2.56. The van der Waals surface area contributed by atoms with Crippen LogP contribution in [0.15, 0.2) is 0 Å². The van der Waals surface area contributed by atoms with E-state index >= 15 is 0 Å². The van der Waals surface area contributed by atoms with Crippen molar-refractivity contribution in [2.45, 2.75) is 58.0 Å². The first-order valence-electron chi connectivity index (χ1n) is 6.94. The van der Waals surface area contributed by atoms with Crippen LogP contribution in [-0.2, 0) is 4.79 Å². The molecule has 0 unspecified atom stereocenters. The molecular weight excluding hydrogens is 228 g/mol. The summed E-state index contributed by atoms with van der Waals surface area (Å²) in [6.45, 7) is 4.40. The van der Waals surface area contributed by atoms with Gasteiger partial charge in [-0.25, -0.2) is 0 Å². The average molecular weight is 256 g/mol. The van der Waals surface area contributed by atoms with Gasteiger partial charge in [-0.05, 0) is 38.6 Å². The number of hydrogen-bond acceptors (Lipinski definition) is 3. The van der Waals surface area contributed by atoms with E-state index in [-0.39, 0.29) is 11.3 Å². The third-order valence-corrected chi connectivity index (χ3v) is 3.92. The summed E-state index contributed by atoms with van der Waals surface area (Å²) in [5.74, 6) is 0.101. The maximum atomic E-state index is 12.2. The molecule has 0 heterocycles. The van der Waals surface area contributed by atoms with Crippen LogP contribution in [-0.4, -0.2) is 41.7 Å². The molecule has 0 aromatic rings. The van der Waals surface area contributed by atoms with Gasteiger partial charge in [-0.3, -0.25) is 4.79 Å². The molecule has 0 spiro atoms. The number of nitrogens with two attached hydrogens (primary N) is 1. The summed E-state index contributed by atoms with van der Waals surface area (Å²) in [4.78, 5) is 13.8. The van der Waals surface area contributed by atoms with E-state index in [1.54, 1.807) is 25.8 Å². The molecule has 4 nitrogen and oxygen atoms in total. The highest BCUT2D eigenvalue weighted by atomic mass is 16.3. The molecule has 0 aromatic heterocycles. The van der Waals surface area contributed by atoms with E-state index in [9.17, 15) is 9.90 Å². The molecule has 3 N–H and O–H groups in total. The molecular formula is C14H28N2O2. The van der Waals surface area contributed by atoms with E-state index < -0.39 is 5.60 Å². The van der Waals surface area contributed by atoms with Gasteiger partial charge in [0.25, 0.3) is 0 Å². The summed E-state index contributed by atoms with van der Waals surface area (Å²) in [5.41, 5.74) is 5.06. The number of nitrogens with zero attached hydrogens (tertiary/aromatic N) is 1. The molecule has 0 aromatic carbocycles. The summed E-state index contributed by atoms with van der Waals surface area (Å²) < 4.78 is 0. The first kappa shape index (κ1) is 15.4. The zero-order valence-electron chi connectivity index (χ0n) is 12.0. The Kier molecular flexibility index (Phi) is 5.17. The third-order valence-electron chi connectivity index (χ3n) is 3.92. The summed E-state index contributed by atoms with van der Waals surface area (Å²) in [5, 5.41) is 9.75. The normalized spacial score (nSPS) is 19.6. The first-order valence-corrected chi connectivity index (χ1v) is 6.94. The van der Waals surface area contributed by atoms with Crippen LogP contribution < -0.4 is 5.73 Å². The monoisotopic (exact) mass is 256 g/mol. The van der Waals surface area contributed by atoms with Gasteiger partial charge in [0.05, 0.1) is 5.60 Å². The molecule has 0 radical (unpaired) electrons. The highest BCUT2D eigenvalue weighted by molar-refractivity contribution is 5.76. The largest absolute Gasteiger partial charge is 0.389 e. The Morgan fingerprint density at radius 3 is 2.33 bits per heavy atom. The minimum absolute atomic E-state index is 0.00317. The Hall–Kier alpha value is -0.610. The standard InChI is InChI=1S/C14H28N2O2/c1-13(2,18)11-16(3)12(17)9-14(10-15)7-5-4-6-8-14/h18H,4-11,15H2,1-3H3. The second-order valence-electron chi connectivity index (χ2n) is 6.50. The van der Waals surface area contributed by atoms with Gasteiger partial charge in [0, 0.05) is 20.0 Å². The average Bonchev–Trinajstić information content (AvgIpc) is 2.28. The summed E-state index contributed by atoms with van der Waals surface area (Å²) >= 11 is 0. The molecule has 1 fully saturated rings. The molecule has 0 saturated heterocycles. The lowest BCUT2D eigenvalue weighted by atomic mass is 9.71. The lowest BCUT2D eigenvalue weighted by Gasteiger charge is -2.37. The number of likely N-dealkylation sites (N-methyl/N-ethyl adjacent to an activating group) is 1. The highest BCUT2D eigenvalue weighted by Crippen LogP contribution is 2.38. The third kappa shape index (κ3) is 4.58. The van der Waals surface area contributed by atoms with Crippen LogP contribution >= 0.6 is 0 Å². The van der Waals surface area contributed by atoms with Crippen molar-refractivity contribution >= 4 is 5.91 Å². The van der Waals surface area contributed by atoms with Gasteiger partial charge in [-0.15, -0.1) is 0 Å². The lowest BCUT2D eigenvalue weighted by molar-refractivity contribution is -0.135. The quantitative estimate of drug-likeness (QED) is 0.783. The van der Waals surface area contributed by atoms with Crippen molar-refractivity contribution in [3.8, 4) is 0 Å². The fraction of sp³-hybridized carbons (Fsp3) is 0.929. The molecule has 1 aliphatic carbocycles. The van der Waals surface area contributed by atoms with Gasteiger partial charge >= 0.3 is 0 Å². The van der Waals surface area contributed by atoms with Crippen LogP contribution in [0.5, 0.6) is 0 Å². The smallest absolute Gasteiger partial charge is 0.223 e. The van der Waals surface area contributed by atoms with E-state index in [4.69, 9.17) is 5.73 Å². The maximum Gasteiger partial charge on any atom is 0.223 e. The molecule has 4 heteroatoms. The van der Waals surface area contributed by atoms with E-state index in [1.807, 2.05) is 0 Å². The fourth-order valence-electron chi connectivity index (χ4n) is 2.88. The Labute approximate surface area is 111 Å². The number of aliphatic hydroxyl groups is 1. The maximum absolute atomic E-state index is 12.2. The van der Waals surface area contributed by atoms with Gasteiger partial charge in [0.15, 0.2) is 0 Å². The van der Waals surface area contributed by atoms with Gasteiger partial charge in [0.1, 0.15) is 0 Å². The van der Waals surface area contributed by atoms with Crippen molar-refractivity contribution in [1.29, 1.82) is 0 Å². The molecule has 1 amide bonds. The SMILES string of the molecule is CN(CC(C)(C)O)C(=O)CC1(CN)CCCCC1. The Morgan fingerprint density at radius 1 is 1.33 bits per heavy atom. The second-order valence-corrected chi connectivity index (χ2v) is 6.50. The van der Waals surface area contributed by atoms with Gasteiger partial charge in [-0.2, -0.15) is 0 Å². The molecule has 18 heavy (non-hydrogen) atoms. The van der Waals surface area contributed by atoms with E-state index in [0.29, 0.717) is 19.5 Å². The minimum atomic E-state index is -0.840. The summed E-state index contributed by atoms with van der Waals surface area (Å²) in [7, 11) is 1.76. The van der Waals surface area contributed by atoms with Crippen molar-refractivity contribution in [3.63, 3.8) is 0 Å². The van der Waals surface area contributed by atoms with Gasteiger partial charge in [-0.1, -0.05) is 19.3 Å². The fourth-order valence-corrected chi connectivity index (χ4v) is 2.88. The molecule has 0 bridgehead atoms. The van der Waals surface area contributed by atoms with Crippen LogP contribution in [0, 0.1) is 5.41 Å². The highest BCUT2D eigenvalue weighted by Gasteiger charge is 2.34. The zero-order chi connectivity index (χ0) is 13.8. The number of carbonyl (C=O) groups is 1. The second kappa shape index (κ2) is 6.02. The predicted octanol–water partition coefficient (Wildman–Crippen LogP) is 1.51. The van der Waals surface area contributed by atoms with Crippen LogP contribution in [0.25, 0.3) is 0 Å². The molecule has 1 rings (SSSR count). The molecule has 0 atom stereocenters. The molecule has 106 valence electrons. The van der Waals surface area contributed by atoms with Crippen molar-refractivity contribution in [3.05, 3.63) is 0 Å². The van der Waals surface area contributed by atoms with Crippen molar-refractivity contribution in [1.82, 2.24) is 4.90 Å². The number of amides is 1. The summed E-state index contributed by atoms with van der Waals surface area (Å²) in [6, 6.07) is 0. The van der Waals surface area contributed by atoms with E-state index in [0.717, 1.165) is 12.8 Å². The lowest BCUT2D eigenvalue weighted by Crippen LogP contribution is -2.43. The van der Waals surface area contributed by atoms with Gasteiger partial charge in [0.2, 0.25) is 5.91 Å². The number of hydrogen-bond donors (Lipinski definition) is 2.